The van der Waals surface area contributed by atoms with Gasteiger partial charge in [-0.1, -0.05) is 13.0 Å². The molecule has 1 aliphatic heterocycles. The maximum atomic E-state index is 12.2. The second-order valence-corrected chi connectivity index (χ2v) is 4.76. The summed E-state index contributed by atoms with van der Waals surface area (Å²) in [6, 6.07) is 3.89. The highest BCUT2D eigenvalue weighted by molar-refractivity contribution is 5.78. The number of hydrogen-bond donors (Lipinski definition) is 1. The van der Waals surface area contributed by atoms with Crippen molar-refractivity contribution < 1.29 is 4.79 Å². The van der Waals surface area contributed by atoms with Crippen LogP contribution in [0.25, 0.3) is 0 Å². The third kappa shape index (κ3) is 2.82. The van der Waals surface area contributed by atoms with Crippen molar-refractivity contribution in [2.75, 3.05) is 20.1 Å². The number of rotatable bonds is 4. The first-order valence-electron chi connectivity index (χ1n) is 6.03. The number of amides is 1. The summed E-state index contributed by atoms with van der Waals surface area (Å²) in [4.78, 5) is 18.0. The summed E-state index contributed by atoms with van der Waals surface area (Å²) in [6.45, 7) is 4.59. The van der Waals surface area contributed by atoms with E-state index in [1.165, 1.54) is 0 Å². The van der Waals surface area contributed by atoms with Crippen LogP contribution in [0.5, 0.6) is 0 Å². The number of nitrogens with zero attached hydrogens (tertiary/aromatic N) is 2. The van der Waals surface area contributed by atoms with Gasteiger partial charge in [0.05, 0.1) is 0 Å². The molecule has 92 valence electrons. The van der Waals surface area contributed by atoms with Gasteiger partial charge in [-0.05, 0) is 30.6 Å². The Labute approximate surface area is 102 Å². The monoisotopic (exact) mass is 233 g/mol. The van der Waals surface area contributed by atoms with Gasteiger partial charge in [-0.2, -0.15) is 0 Å². The van der Waals surface area contributed by atoms with Crippen molar-refractivity contribution in [2.45, 2.75) is 13.5 Å². The minimum absolute atomic E-state index is 0.109. The Kier molecular flexibility index (Phi) is 3.74. The van der Waals surface area contributed by atoms with Crippen LogP contribution in [-0.2, 0) is 11.3 Å². The minimum atomic E-state index is 0.109. The first-order valence-corrected chi connectivity index (χ1v) is 6.03. The zero-order valence-electron chi connectivity index (χ0n) is 10.4. The highest BCUT2D eigenvalue weighted by Gasteiger charge is 2.30. The molecule has 1 saturated heterocycles. The van der Waals surface area contributed by atoms with Crippen LogP contribution < -0.4 is 5.32 Å². The van der Waals surface area contributed by atoms with E-state index in [1.807, 2.05) is 26.1 Å². The molecule has 0 aromatic carbocycles. The van der Waals surface area contributed by atoms with E-state index in [2.05, 4.69) is 10.3 Å². The lowest BCUT2D eigenvalue weighted by Crippen LogP contribution is -2.49. The Hall–Kier alpha value is -1.42. The summed E-state index contributed by atoms with van der Waals surface area (Å²) in [7, 11) is 1.86. The molecule has 1 unspecified atom stereocenters. The Morgan fingerprint density at radius 2 is 2.41 bits per heavy atom. The SMILES string of the molecule is CC(C(=O)N(C)Cc1cccnc1)C1CNC1. The average Bonchev–Trinajstić information content (AvgIpc) is 2.27. The molecule has 1 aromatic heterocycles. The molecule has 4 nitrogen and oxygen atoms in total. The fourth-order valence-electron chi connectivity index (χ4n) is 2.06. The van der Waals surface area contributed by atoms with E-state index in [0.717, 1.165) is 18.7 Å². The Morgan fingerprint density at radius 3 is 2.94 bits per heavy atom. The molecule has 1 amide bonds. The number of hydrogen-bond acceptors (Lipinski definition) is 3. The first-order chi connectivity index (χ1) is 8.18. The molecule has 1 atom stereocenters. The van der Waals surface area contributed by atoms with Crippen LogP contribution in [0, 0.1) is 11.8 Å². The molecule has 0 radical (unpaired) electrons. The molecule has 2 heterocycles. The summed E-state index contributed by atoms with van der Waals surface area (Å²) in [5, 5.41) is 3.20. The topological polar surface area (TPSA) is 45.2 Å². The predicted molar refractivity (Wildman–Crippen MR) is 66.2 cm³/mol. The van der Waals surface area contributed by atoms with Gasteiger partial charge in [0.2, 0.25) is 5.91 Å². The predicted octanol–water partition coefficient (Wildman–Crippen LogP) is 0.896. The summed E-state index contributed by atoms with van der Waals surface area (Å²) in [5.74, 6) is 0.831. The van der Waals surface area contributed by atoms with E-state index in [1.54, 1.807) is 17.3 Å². The summed E-state index contributed by atoms with van der Waals surface area (Å²) in [6.07, 6.45) is 3.55. The third-order valence-corrected chi connectivity index (χ3v) is 3.43. The van der Waals surface area contributed by atoms with Gasteiger partial charge >= 0.3 is 0 Å². The van der Waals surface area contributed by atoms with Crippen molar-refractivity contribution in [3.05, 3.63) is 30.1 Å². The Bertz CT molecular complexity index is 376. The molecule has 1 aliphatic rings. The van der Waals surface area contributed by atoms with E-state index in [4.69, 9.17) is 0 Å². The number of aromatic nitrogens is 1. The molecule has 17 heavy (non-hydrogen) atoms. The largest absolute Gasteiger partial charge is 0.341 e. The highest BCUT2D eigenvalue weighted by Crippen LogP contribution is 2.18. The lowest BCUT2D eigenvalue weighted by Gasteiger charge is -2.33. The second kappa shape index (κ2) is 5.27. The van der Waals surface area contributed by atoms with Crippen LogP contribution in [0.4, 0.5) is 0 Å². The molecule has 4 heteroatoms. The van der Waals surface area contributed by atoms with Crippen molar-refractivity contribution >= 4 is 5.91 Å². The molecule has 0 spiro atoms. The summed E-state index contributed by atoms with van der Waals surface area (Å²) >= 11 is 0. The van der Waals surface area contributed by atoms with E-state index < -0.39 is 0 Å². The van der Waals surface area contributed by atoms with Gasteiger partial charge in [-0.3, -0.25) is 9.78 Å². The van der Waals surface area contributed by atoms with Crippen molar-refractivity contribution in [1.29, 1.82) is 0 Å². The fourth-order valence-corrected chi connectivity index (χ4v) is 2.06. The second-order valence-electron chi connectivity index (χ2n) is 4.76. The number of carbonyl (C=O) groups is 1. The lowest BCUT2D eigenvalue weighted by atomic mass is 9.88. The lowest BCUT2D eigenvalue weighted by molar-refractivity contribution is -0.136. The van der Waals surface area contributed by atoms with Crippen LogP contribution in [0.3, 0.4) is 0 Å². The Morgan fingerprint density at radius 1 is 1.65 bits per heavy atom. The van der Waals surface area contributed by atoms with E-state index in [9.17, 15) is 4.79 Å². The van der Waals surface area contributed by atoms with E-state index in [0.29, 0.717) is 12.5 Å². The van der Waals surface area contributed by atoms with Crippen LogP contribution in [-0.4, -0.2) is 35.9 Å². The molecular formula is C13H19N3O. The van der Waals surface area contributed by atoms with Crippen molar-refractivity contribution in [3.63, 3.8) is 0 Å². The molecule has 0 bridgehead atoms. The quantitative estimate of drug-likeness (QED) is 0.840. The number of carbonyl (C=O) groups excluding carboxylic acids is 1. The van der Waals surface area contributed by atoms with Gasteiger partial charge in [0, 0.05) is 31.9 Å². The van der Waals surface area contributed by atoms with E-state index >= 15 is 0 Å². The maximum Gasteiger partial charge on any atom is 0.225 e. The number of pyridine rings is 1. The smallest absolute Gasteiger partial charge is 0.225 e. The fraction of sp³-hybridized carbons (Fsp3) is 0.538. The summed E-state index contributed by atoms with van der Waals surface area (Å²) < 4.78 is 0. The van der Waals surface area contributed by atoms with Crippen molar-refractivity contribution in [1.82, 2.24) is 15.2 Å². The van der Waals surface area contributed by atoms with Crippen molar-refractivity contribution in [2.24, 2.45) is 11.8 Å². The van der Waals surface area contributed by atoms with Gasteiger partial charge in [0.1, 0.15) is 0 Å². The standard InChI is InChI=1S/C13H19N3O/c1-10(12-7-15-8-12)13(17)16(2)9-11-4-3-5-14-6-11/h3-6,10,12,15H,7-9H2,1-2H3. The van der Waals surface area contributed by atoms with Gasteiger partial charge in [0.15, 0.2) is 0 Å². The summed E-state index contributed by atoms with van der Waals surface area (Å²) in [5.41, 5.74) is 1.07. The molecule has 2 rings (SSSR count). The van der Waals surface area contributed by atoms with Crippen LogP contribution >= 0.6 is 0 Å². The number of nitrogens with one attached hydrogen (secondary N) is 1. The van der Waals surface area contributed by atoms with Gasteiger partial charge in [-0.25, -0.2) is 0 Å². The minimum Gasteiger partial charge on any atom is -0.341 e. The maximum absolute atomic E-state index is 12.2. The molecule has 0 aliphatic carbocycles. The van der Waals surface area contributed by atoms with Gasteiger partial charge in [-0.15, -0.1) is 0 Å². The zero-order chi connectivity index (χ0) is 12.3. The average molecular weight is 233 g/mol. The molecular weight excluding hydrogens is 214 g/mol. The van der Waals surface area contributed by atoms with Crippen LogP contribution in [0.2, 0.25) is 0 Å². The molecule has 1 N–H and O–H groups in total. The molecule has 1 fully saturated rings. The normalized spacial score (nSPS) is 17.3. The van der Waals surface area contributed by atoms with Gasteiger partial charge < -0.3 is 10.2 Å². The van der Waals surface area contributed by atoms with Crippen LogP contribution in [0.15, 0.2) is 24.5 Å². The Balaban J connectivity index is 1.90. The third-order valence-electron chi connectivity index (χ3n) is 3.43. The first kappa shape index (κ1) is 12.0. The van der Waals surface area contributed by atoms with Crippen molar-refractivity contribution in [3.8, 4) is 0 Å². The zero-order valence-corrected chi connectivity index (χ0v) is 10.4. The molecule has 0 saturated carbocycles. The van der Waals surface area contributed by atoms with Crippen LogP contribution in [0.1, 0.15) is 12.5 Å². The molecule has 1 aromatic rings. The van der Waals surface area contributed by atoms with Gasteiger partial charge in [0.25, 0.3) is 0 Å². The highest BCUT2D eigenvalue weighted by atomic mass is 16.2. The van der Waals surface area contributed by atoms with E-state index in [-0.39, 0.29) is 11.8 Å².